The topological polar surface area (TPSA) is 121 Å². The Balaban J connectivity index is 1.72. The van der Waals surface area contributed by atoms with Gasteiger partial charge < -0.3 is 15.0 Å². The zero-order chi connectivity index (χ0) is 33.3. The number of alkyl halides is 3. The Morgan fingerprint density at radius 2 is 1.85 bits per heavy atom. The lowest BCUT2D eigenvalue weighted by molar-refractivity contribution is -0.137. The van der Waals surface area contributed by atoms with Gasteiger partial charge in [0.2, 0.25) is 0 Å². The number of rotatable bonds is 7. The molecule has 1 fully saturated rings. The van der Waals surface area contributed by atoms with Gasteiger partial charge in [-0.3, -0.25) is 19.3 Å². The molecule has 3 heterocycles. The maximum absolute atomic E-state index is 14.3. The molecule has 0 radical (unpaired) electrons. The molecule has 2 aliphatic heterocycles. The van der Waals surface area contributed by atoms with Crippen molar-refractivity contribution in [2.45, 2.75) is 56.9 Å². The van der Waals surface area contributed by atoms with E-state index < -0.39 is 53.3 Å². The number of hydrogen-bond acceptors (Lipinski definition) is 6. The Hall–Kier alpha value is -4.77. The average Bonchev–Trinajstić information content (AvgIpc) is 3.44. The fourth-order valence-electron chi connectivity index (χ4n) is 5.89. The lowest BCUT2D eigenvalue weighted by Gasteiger charge is -2.39. The molecule has 0 aliphatic carbocycles. The van der Waals surface area contributed by atoms with Crippen molar-refractivity contribution in [3.05, 3.63) is 82.3 Å². The average molecular weight is 641 g/mol. The second kappa shape index (κ2) is 12.9. The number of amides is 3. The highest BCUT2D eigenvalue weighted by atomic mass is 19.4. The first-order chi connectivity index (χ1) is 21.9. The summed E-state index contributed by atoms with van der Waals surface area (Å²) in [5, 5.41) is 16.9. The molecule has 5 rings (SSSR count). The van der Waals surface area contributed by atoms with Crippen LogP contribution in [-0.2, 0) is 15.7 Å². The van der Waals surface area contributed by atoms with Gasteiger partial charge in [-0.15, -0.1) is 0 Å². The molecule has 0 saturated carbocycles. The van der Waals surface area contributed by atoms with Crippen LogP contribution in [0, 0.1) is 17.1 Å². The Kier molecular flexibility index (Phi) is 9.16. The van der Waals surface area contributed by atoms with Gasteiger partial charge in [0, 0.05) is 43.9 Å². The van der Waals surface area contributed by atoms with Crippen molar-refractivity contribution in [3.63, 3.8) is 0 Å². The first-order valence-corrected chi connectivity index (χ1v) is 14.8. The molecule has 3 amide bonds. The van der Waals surface area contributed by atoms with E-state index in [1.807, 2.05) is 6.07 Å². The molecule has 2 aromatic carbocycles. The van der Waals surface area contributed by atoms with Crippen molar-refractivity contribution in [1.29, 1.82) is 5.26 Å². The highest BCUT2D eigenvalue weighted by Crippen LogP contribution is 2.45. The number of likely N-dealkylation sites (N-methyl/N-ethyl adjacent to an activating group) is 1. The third kappa shape index (κ3) is 6.06. The number of hydrogen-bond donors (Lipinski definition) is 1. The second-order valence-corrected chi connectivity index (χ2v) is 11.2. The number of benzene rings is 2. The van der Waals surface area contributed by atoms with Gasteiger partial charge in [-0.2, -0.15) is 23.5 Å². The van der Waals surface area contributed by atoms with Gasteiger partial charge in [0.15, 0.2) is 5.69 Å². The number of carbonyl (C=O) groups excluding carboxylic acids is 3. The van der Waals surface area contributed by atoms with Crippen LogP contribution in [0.4, 0.5) is 23.4 Å². The summed E-state index contributed by atoms with van der Waals surface area (Å²) in [6.45, 7) is 4.19. The second-order valence-electron chi connectivity index (χ2n) is 11.2. The predicted molar refractivity (Wildman–Crippen MR) is 157 cm³/mol. The fourth-order valence-corrected chi connectivity index (χ4v) is 5.89. The number of aromatic nitrogens is 2. The lowest BCUT2D eigenvalue weighted by atomic mass is 9.80. The van der Waals surface area contributed by atoms with Crippen LogP contribution in [0.25, 0.3) is 0 Å². The standard InChI is InChI=1S/C32H32F4N6O4/c1-4-41-29-25(27(30(44)40(3)18(2)17-37)39-42(29)23-12-14-46-15-13-23)24(19-8-10-22(33)11-9-19)26(31(41)45)38-28(43)20-6-5-7-21(16-20)32(34,35)36/h5-11,16,18,23-24,26H,4,12-15H2,1-3H3,(H,38,43)/t18?,24-,26-/m0/s1. The quantitative estimate of drug-likeness (QED) is 0.375. The van der Waals surface area contributed by atoms with Crippen LogP contribution < -0.4 is 10.2 Å². The molecule has 242 valence electrons. The van der Waals surface area contributed by atoms with E-state index in [2.05, 4.69) is 5.32 Å². The molecular weight excluding hydrogens is 608 g/mol. The molecule has 0 spiro atoms. The molecule has 1 unspecified atom stereocenters. The lowest BCUT2D eigenvalue weighted by Crippen LogP contribution is -2.56. The summed E-state index contributed by atoms with van der Waals surface area (Å²) in [5.74, 6) is -3.50. The van der Waals surface area contributed by atoms with Crippen LogP contribution in [-0.4, -0.2) is 71.3 Å². The van der Waals surface area contributed by atoms with E-state index in [1.165, 1.54) is 54.1 Å². The summed E-state index contributed by atoms with van der Waals surface area (Å²) in [5.41, 5.74) is -0.799. The molecule has 1 aromatic heterocycles. The van der Waals surface area contributed by atoms with E-state index in [9.17, 15) is 37.2 Å². The third-order valence-electron chi connectivity index (χ3n) is 8.46. The summed E-state index contributed by atoms with van der Waals surface area (Å²) >= 11 is 0. The predicted octanol–water partition coefficient (Wildman–Crippen LogP) is 4.67. The van der Waals surface area contributed by atoms with Crippen LogP contribution in [0.3, 0.4) is 0 Å². The number of fused-ring (bicyclic) bond motifs is 1. The first-order valence-electron chi connectivity index (χ1n) is 14.8. The van der Waals surface area contributed by atoms with E-state index >= 15 is 0 Å². The Bertz CT molecular complexity index is 1680. The Morgan fingerprint density at radius 3 is 2.46 bits per heavy atom. The van der Waals surface area contributed by atoms with E-state index in [0.29, 0.717) is 43.5 Å². The van der Waals surface area contributed by atoms with Crippen molar-refractivity contribution in [1.82, 2.24) is 20.0 Å². The molecule has 46 heavy (non-hydrogen) atoms. The third-order valence-corrected chi connectivity index (χ3v) is 8.46. The first kappa shape index (κ1) is 32.6. The number of nitriles is 1. The summed E-state index contributed by atoms with van der Waals surface area (Å²) in [6.07, 6.45) is -3.63. The van der Waals surface area contributed by atoms with Crippen LogP contribution in [0.15, 0.2) is 48.5 Å². The molecule has 1 N–H and O–H groups in total. The summed E-state index contributed by atoms with van der Waals surface area (Å²) in [7, 11) is 1.45. The highest BCUT2D eigenvalue weighted by Gasteiger charge is 2.48. The summed E-state index contributed by atoms with van der Waals surface area (Å²) in [6, 6.07) is 8.50. The summed E-state index contributed by atoms with van der Waals surface area (Å²) in [4.78, 5) is 44.5. The van der Waals surface area contributed by atoms with Gasteiger partial charge in [-0.25, -0.2) is 9.07 Å². The van der Waals surface area contributed by atoms with Gasteiger partial charge in [0.1, 0.15) is 23.7 Å². The smallest absolute Gasteiger partial charge is 0.381 e. The minimum atomic E-state index is -4.71. The van der Waals surface area contributed by atoms with E-state index in [1.54, 1.807) is 11.6 Å². The fraction of sp³-hybridized carbons (Fsp3) is 0.406. The number of nitrogens with one attached hydrogen (secondary N) is 1. The molecule has 3 aromatic rings. The highest BCUT2D eigenvalue weighted by molar-refractivity contribution is 6.07. The van der Waals surface area contributed by atoms with Crippen LogP contribution in [0.5, 0.6) is 0 Å². The van der Waals surface area contributed by atoms with Crippen molar-refractivity contribution < 1.29 is 36.7 Å². The monoisotopic (exact) mass is 640 g/mol. The Labute approximate surface area is 262 Å². The number of halogens is 4. The Morgan fingerprint density at radius 1 is 1.17 bits per heavy atom. The number of nitrogens with zero attached hydrogens (tertiary/aromatic N) is 5. The molecule has 1 saturated heterocycles. The normalized spacial score (nSPS) is 19.3. The zero-order valence-electron chi connectivity index (χ0n) is 25.3. The van der Waals surface area contributed by atoms with Crippen LogP contribution in [0.2, 0.25) is 0 Å². The molecule has 0 bridgehead atoms. The number of anilines is 1. The van der Waals surface area contributed by atoms with Crippen molar-refractivity contribution in [2.75, 3.05) is 31.7 Å². The SMILES string of the molecule is CCN1C(=O)[C@@H](NC(=O)c2cccc(C(F)(F)F)c2)[C@@H](c2ccc(F)cc2)c2c(C(=O)N(C)C(C)C#N)nn(C3CCOCC3)c21. The zero-order valence-corrected chi connectivity index (χ0v) is 25.3. The molecular formula is C32H32F4N6O4. The minimum absolute atomic E-state index is 0.0651. The van der Waals surface area contributed by atoms with Gasteiger partial charge >= 0.3 is 6.18 Å². The molecule has 10 nitrogen and oxygen atoms in total. The maximum Gasteiger partial charge on any atom is 0.416 e. The molecule has 14 heteroatoms. The van der Waals surface area contributed by atoms with E-state index in [4.69, 9.17) is 9.84 Å². The largest absolute Gasteiger partial charge is 0.416 e. The number of carbonyl (C=O) groups is 3. The molecule has 2 aliphatic rings. The number of ether oxygens (including phenoxy) is 1. The van der Waals surface area contributed by atoms with E-state index in [-0.39, 0.29) is 29.4 Å². The minimum Gasteiger partial charge on any atom is -0.381 e. The van der Waals surface area contributed by atoms with Gasteiger partial charge in [-0.05, 0) is 62.6 Å². The van der Waals surface area contributed by atoms with Crippen molar-refractivity contribution in [3.8, 4) is 6.07 Å². The maximum atomic E-state index is 14.3. The van der Waals surface area contributed by atoms with Crippen LogP contribution >= 0.6 is 0 Å². The van der Waals surface area contributed by atoms with Gasteiger partial charge in [0.05, 0.1) is 17.7 Å². The van der Waals surface area contributed by atoms with Gasteiger partial charge in [0.25, 0.3) is 17.7 Å². The van der Waals surface area contributed by atoms with Crippen molar-refractivity contribution in [2.24, 2.45) is 0 Å². The van der Waals surface area contributed by atoms with Crippen LogP contribution in [0.1, 0.15) is 76.2 Å². The molecule has 3 atom stereocenters. The van der Waals surface area contributed by atoms with E-state index in [0.717, 1.165) is 12.1 Å². The van der Waals surface area contributed by atoms with Crippen molar-refractivity contribution >= 4 is 23.5 Å². The summed E-state index contributed by atoms with van der Waals surface area (Å²) < 4.78 is 61.7. The van der Waals surface area contributed by atoms with Gasteiger partial charge in [-0.1, -0.05) is 18.2 Å².